The summed E-state index contributed by atoms with van der Waals surface area (Å²) in [4.78, 5) is 6.75. The average molecular weight is 267 g/mol. The molecule has 0 bridgehead atoms. The minimum atomic E-state index is 0.336. The molecule has 2 N–H and O–H groups in total. The summed E-state index contributed by atoms with van der Waals surface area (Å²) in [7, 11) is 2.19. The molecule has 102 valence electrons. The van der Waals surface area contributed by atoms with E-state index in [1.54, 1.807) is 11.3 Å². The minimum absolute atomic E-state index is 0.336. The molecular weight excluding hydrogens is 242 g/mol. The Morgan fingerprint density at radius 1 is 1.61 bits per heavy atom. The third-order valence-electron chi connectivity index (χ3n) is 4.14. The van der Waals surface area contributed by atoms with Crippen LogP contribution in [0.1, 0.15) is 38.3 Å². The van der Waals surface area contributed by atoms with Crippen molar-refractivity contribution < 1.29 is 0 Å². The van der Waals surface area contributed by atoms with E-state index < -0.39 is 0 Å². The van der Waals surface area contributed by atoms with Gasteiger partial charge in [0.15, 0.2) is 0 Å². The summed E-state index contributed by atoms with van der Waals surface area (Å²) in [5.41, 5.74) is 9.50. The van der Waals surface area contributed by atoms with E-state index in [9.17, 15) is 0 Å². The molecular formula is C14H25N3S. The van der Waals surface area contributed by atoms with Crippen LogP contribution < -0.4 is 5.73 Å². The van der Waals surface area contributed by atoms with E-state index in [-0.39, 0.29) is 0 Å². The summed E-state index contributed by atoms with van der Waals surface area (Å²) in [6.07, 6.45) is 5.28. The zero-order chi connectivity index (χ0) is 13.0. The van der Waals surface area contributed by atoms with Crippen molar-refractivity contribution in [3.05, 3.63) is 16.6 Å². The maximum Gasteiger partial charge on any atom is 0.0795 e. The van der Waals surface area contributed by atoms with Gasteiger partial charge < -0.3 is 5.73 Å². The van der Waals surface area contributed by atoms with Gasteiger partial charge in [-0.15, -0.1) is 11.3 Å². The topological polar surface area (TPSA) is 42.1 Å². The standard InChI is InChI=1S/C14H25N3S/c1-12-4-3-5-14(6-12,9-15)10-17(2)7-13-8-18-11-16-13/h8,11-12H,3-7,9-10,15H2,1-2H3. The fraction of sp³-hybridized carbons (Fsp3) is 0.786. The second-order valence-corrected chi connectivity index (χ2v) is 6.78. The van der Waals surface area contributed by atoms with Crippen LogP contribution in [0, 0.1) is 11.3 Å². The van der Waals surface area contributed by atoms with Gasteiger partial charge in [0.2, 0.25) is 0 Å². The Hall–Kier alpha value is -0.450. The summed E-state index contributed by atoms with van der Waals surface area (Å²) < 4.78 is 0. The number of rotatable bonds is 5. The van der Waals surface area contributed by atoms with Crippen LogP contribution >= 0.6 is 11.3 Å². The quantitative estimate of drug-likeness (QED) is 0.892. The summed E-state index contributed by atoms with van der Waals surface area (Å²) in [6.45, 7) is 5.23. The lowest BCUT2D eigenvalue weighted by molar-refractivity contribution is 0.0976. The van der Waals surface area contributed by atoms with E-state index in [1.807, 2.05) is 5.51 Å². The summed E-state index contributed by atoms with van der Waals surface area (Å²) in [5, 5.41) is 2.13. The van der Waals surface area contributed by atoms with E-state index >= 15 is 0 Å². The molecule has 2 unspecified atom stereocenters. The molecule has 18 heavy (non-hydrogen) atoms. The fourth-order valence-corrected chi connectivity index (χ4v) is 3.93. The Balaban J connectivity index is 1.92. The number of thiazole rings is 1. The van der Waals surface area contributed by atoms with Crippen LogP contribution in [-0.4, -0.2) is 30.0 Å². The van der Waals surface area contributed by atoms with Crippen LogP contribution in [0.5, 0.6) is 0 Å². The first-order valence-corrected chi connectivity index (χ1v) is 7.83. The highest BCUT2D eigenvalue weighted by Gasteiger charge is 2.34. The van der Waals surface area contributed by atoms with E-state index in [0.717, 1.165) is 25.6 Å². The molecule has 2 rings (SSSR count). The zero-order valence-electron chi connectivity index (χ0n) is 11.6. The minimum Gasteiger partial charge on any atom is -0.330 e. The predicted octanol–water partition coefficient (Wildman–Crippen LogP) is 2.73. The maximum absolute atomic E-state index is 6.08. The van der Waals surface area contributed by atoms with Gasteiger partial charge in [-0.3, -0.25) is 4.90 Å². The zero-order valence-corrected chi connectivity index (χ0v) is 12.4. The molecule has 4 heteroatoms. The molecule has 1 saturated carbocycles. The van der Waals surface area contributed by atoms with Gasteiger partial charge in [-0.25, -0.2) is 4.98 Å². The molecule has 0 amide bonds. The molecule has 0 aromatic carbocycles. The predicted molar refractivity (Wildman–Crippen MR) is 77.6 cm³/mol. The Labute approximate surface area is 114 Å². The van der Waals surface area contributed by atoms with E-state index in [2.05, 4.69) is 29.2 Å². The van der Waals surface area contributed by atoms with Gasteiger partial charge in [0, 0.05) is 18.5 Å². The molecule has 0 saturated heterocycles. The smallest absolute Gasteiger partial charge is 0.0795 e. The molecule has 2 atom stereocenters. The fourth-order valence-electron chi connectivity index (χ4n) is 3.38. The molecule has 1 aromatic rings. The lowest BCUT2D eigenvalue weighted by Gasteiger charge is -2.41. The summed E-state index contributed by atoms with van der Waals surface area (Å²) in [5.74, 6) is 0.829. The van der Waals surface area contributed by atoms with Crippen LogP contribution in [-0.2, 0) is 6.54 Å². The highest BCUT2D eigenvalue weighted by Crippen LogP contribution is 2.39. The molecule has 0 aliphatic heterocycles. The van der Waals surface area contributed by atoms with Gasteiger partial charge in [0.25, 0.3) is 0 Å². The van der Waals surface area contributed by atoms with Crippen molar-refractivity contribution in [3.63, 3.8) is 0 Å². The van der Waals surface area contributed by atoms with Crippen molar-refractivity contribution >= 4 is 11.3 Å². The van der Waals surface area contributed by atoms with Crippen LogP contribution in [0.15, 0.2) is 10.9 Å². The van der Waals surface area contributed by atoms with Crippen molar-refractivity contribution in [2.45, 2.75) is 39.2 Å². The molecule has 1 aromatic heterocycles. The Kier molecular flexibility index (Phi) is 4.76. The lowest BCUT2D eigenvalue weighted by Crippen LogP contribution is -2.44. The molecule has 1 aliphatic carbocycles. The molecule has 0 radical (unpaired) electrons. The normalized spacial score (nSPS) is 28.8. The SMILES string of the molecule is CC1CCCC(CN)(CN(C)Cc2cscn2)C1. The van der Waals surface area contributed by atoms with Crippen molar-refractivity contribution in [2.75, 3.05) is 20.1 Å². The van der Waals surface area contributed by atoms with Crippen LogP contribution in [0.3, 0.4) is 0 Å². The number of nitrogens with two attached hydrogens (primary N) is 1. The second kappa shape index (κ2) is 6.13. The molecule has 1 aliphatic rings. The summed E-state index contributed by atoms with van der Waals surface area (Å²) in [6, 6.07) is 0. The van der Waals surface area contributed by atoms with Crippen molar-refractivity contribution in [2.24, 2.45) is 17.1 Å². The van der Waals surface area contributed by atoms with Crippen LogP contribution in [0.2, 0.25) is 0 Å². The molecule has 1 fully saturated rings. The van der Waals surface area contributed by atoms with Gasteiger partial charge in [0.05, 0.1) is 11.2 Å². The first-order valence-electron chi connectivity index (χ1n) is 6.89. The Morgan fingerprint density at radius 3 is 3.06 bits per heavy atom. The first kappa shape index (κ1) is 14.0. The second-order valence-electron chi connectivity index (χ2n) is 6.06. The van der Waals surface area contributed by atoms with Crippen molar-refractivity contribution in [1.82, 2.24) is 9.88 Å². The van der Waals surface area contributed by atoms with Gasteiger partial charge >= 0.3 is 0 Å². The molecule has 3 nitrogen and oxygen atoms in total. The van der Waals surface area contributed by atoms with Gasteiger partial charge in [-0.05, 0) is 37.8 Å². The highest BCUT2D eigenvalue weighted by atomic mass is 32.1. The Morgan fingerprint density at radius 2 is 2.44 bits per heavy atom. The van der Waals surface area contributed by atoms with Gasteiger partial charge in [-0.1, -0.05) is 19.8 Å². The van der Waals surface area contributed by atoms with E-state index in [0.29, 0.717) is 5.41 Å². The molecule has 0 spiro atoms. The number of nitrogens with zero attached hydrogens (tertiary/aromatic N) is 2. The molecule has 1 heterocycles. The average Bonchev–Trinajstić information content (AvgIpc) is 2.81. The van der Waals surface area contributed by atoms with Crippen LogP contribution in [0.4, 0.5) is 0 Å². The first-order chi connectivity index (χ1) is 8.63. The number of hydrogen-bond acceptors (Lipinski definition) is 4. The van der Waals surface area contributed by atoms with E-state index in [4.69, 9.17) is 5.73 Å². The van der Waals surface area contributed by atoms with Crippen molar-refractivity contribution in [1.29, 1.82) is 0 Å². The summed E-state index contributed by atoms with van der Waals surface area (Å²) >= 11 is 1.67. The van der Waals surface area contributed by atoms with E-state index in [1.165, 1.54) is 31.4 Å². The van der Waals surface area contributed by atoms with Gasteiger partial charge in [-0.2, -0.15) is 0 Å². The largest absolute Gasteiger partial charge is 0.330 e. The maximum atomic E-state index is 6.08. The van der Waals surface area contributed by atoms with Gasteiger partial charge in [0.1, 0.15) is 0 Å². The lowest BCUT2D eigenvalue weighted by atomic mass is 9.70. The number of aromatic nitrogens is 1. The van der Waals surface area contributed by atoms with Crippen molar-refractivity contribution in [3.8, 4) is 0 Å². The monoisotopic (exact) mass is 267 g/mol. The third-order valence-corrected chi connectivity index (χ3v) is 4.77. The third kappa shape index (κ3) is 3.53. The number of hydrogen-bond donors (Lipinski definition) is 1. The Bertz CT molecular complexity index is 352. The van der Waals surface area contributed by atoms with Crippen LogP contribution in [0.25, 0.3) is 0 Å². The highest BCUT2D eigenvalue weighted by molar-refractivity contribution is 7.07.